The van der Waals surface area contributed by atoms with Crippen LogP contribution in [0.1, 0.15) is 47.5 Å². The van der Waals surface area contributed by atoms with Gasteiger partial charge in [0, 0.05) is 12.1 Å². The number of likely N-dealkylation sites (tertiary alicyclic amines) is 1. The van der Waals surface area contributed by atoms with E-state index in [0.717, 1.165) is 12.8 Å². The molecule has 0 spiro atoms. The summed E-state index contributed by atoms with van der Waals surface area (Å²) >= 11 is 0. The Balaban J connectivity index is 2.60. The van der Waals surface area contributed by atoms with Crippen LogP contribution in [0.4, 0.5) is 4.79 Å². The maximum atomic E-state index is 11.8. The van der Waals surface area contributed by atoms with Gasteiger partial charge >= 0.3 is 6.09 Å². The summed E-state index contributed by atoms with van der Waals surface area (Å²) in [6.07, 6.45) is 2.00. The Morgan fingerprint density at radius 3 is 2.00 bits per heavy atom. The van der Waals surface area contributed by atoms with Crippen LogP contribution in [0.3, 0.4) is 0 Å². The second-order valence-electron chi connectivity index (χ2n) is 5.16. The summed E-state index contributed by atoms with van der Waals surface area (Å²) in [7, 11) is 0. The number of carbonyl (C=O) groups is 1. The fourth-order valence-electron chi connectivity index (χ4n) is 1.87. The summed E-state index contributed by atoms with van der Waals surface area (Å²) in [5.41, 5.74) is -0.390. The van der Waals surface area contributed by atoms with Crippen molar-refractivity contribution in [3.05, 3.63) is 0 Å². The Morgan fingerprint density at radius 2 is 1.64 bits per heavy atom. The van der Waals surface area contributed by atoms with Gasteiger partial charge in [-0.2, -0.15) is 0 Å². The topological polar surface area (TPSA) is 29.5 Å². The average molecular weight is 199 g/mol. The predicted molar refractivity (Wildman–Crippen MR) is 56.2 cm³/mol. The molecule has 0 aromatic heterocycles. The zero-order valence-corrected chi connectivity index (χ0v) is 9.83. The first kappa shape index (κ1) is 11.3. The van der Waals surface area contributed by atoms with Crippen molar-refractivity contribution in [1.29, 1.82) is 0 Å². The zero-order chi connectivity index (χ0) is 10.9. The fourth-order valence-corrected chi connectivity index (χ4v) is 1.87. The highest BCUT2D eigenvalue weighted by molar-refractivity contribution is 5.69. The summed E-state index contributed by atoms with van der Waals surface area (Å²) in [6, 6.07) is 0.639. The van der Waals surface area contributed by atoms with E-state index in [1.54, 1.807) is 0 Å². The monoisotopic (exact) mass is 199 g/mol. The van der Waals surface area contributed by atoms with Gasteiger partial charge in [-0.05, 0) is 47.5 Å². The van der Waals surface area contributed by atoms with Crippen molar-refractivity contribution in [2.24, 2.45) is 0 Å². The summed E-state index contributed by atoms with van der Waals surface area (Å²) in [5.74, 6) is 0. The molecule has 0 saturated carbocycles. The molecule has 1 aliphatic heterocycles. The summed E-state index contributed by atoms with van der Waals surface area (Å²) in [4.78, 5) is 13.6. The van der Waals surface area contributed by atoms with E-state index in [1.807, 2.05) is 25.7 Å². The third-order valence-corrected chi connectivity index (χ3v) is 2.56. The number of ether oxygens (including phenoxy) is 1. The number of carbonyl (C=O) groups excluding carboxylic acids is 1. The van der Waals surface area contributed by atoms with Gasteiger partial charge in [0.15, 0.2) is 0 Å². The van der Waals surface area contributed by atoms with E-state index in [-0.39, 0.29) is 11.7 Å². The molecule has 3 nitrogen and oxygen atoms in total. The highest BCUT2D eigenvalue weighted by Crippen LogP contribution is 2.25. The quantitative estimate of drug-likeness (QED) is 0.600. The van der Waals surface area contributed by atoms with Crippen molar-refractivity contribution in [1.82, 2.24) is 4.90 Å². The number of hydrogen-bond donors (Lipinski definition) is 0. The number of hydrogen-bond acceptors (Lipinski definition) is 2. The van der Waals surface area contributed by atoms with Gasteiger partial charge in [-0.25, -0.2) is 4.79 Å². The SMILES string of the molecule is C[C@@H]1CC[C@@H](C)N1C(=O)OC(C)(C)C. The number of amides is 1. The highest BCUT2D eigenvalue weighted by atomic mass is 16.6. The van der Waals surface area contributed by atoms with Crippen LogP contribution >= 0.6 is 0 Å². The Kier molecular flexibility index (Phi) is 3.07. The molecule has 0 unspecified atom stereocenters. The average Bonchev–Trinajstić information content (AvgIpc) is 2.27. The third kappa shape index (κ3) is 2.63. The molecule has 3 heteroatoms. The van der Waals surface area contributed by atoms with E-state index in [0.29, 0.717) is 12.1 Å². The van der Waals surface area contributed by atoms with Crippen LogP contribution in [0.15, 0.2) is 0 Å². The molecule has 2 atom stereocenters. The minimum Gasteiger partial charge on any atom is -0.444 e. The van der Waals surface area contributed by atoms with Crippen molar-refractivity contribution in [2.75, 3.05) is 0 Å². The maximum Gasteiger partial charge on any atom is 0.410 e. The van der Waals surface area contributed by atoms with E-state index >= 15 is 0 Å². The molecule has 0 aliphatic carbocycles. The third-order valence-electron chi connectivity index (χ3n) is 2.56. The molecule has 1 saturated heterocycles. The molecule has 0 bridgehead atoms. The van der Waals surface area contributed by atoms with E-state index in [9.17, 15) is 4.79 Å². The molecule has 1 aliphatic rings. The first-order valence-corrected chi connectivity index (χ1v) is 5.32. The molecular weight excluding hydrogens is 178 g/mol. The molecule has 0 aromatic rings. The van der Waals surface area contributed by atoms with Gasteiger partial charge in [0.1, 0.15) is 5.60 Å². The lowest BCUT2D eigenvalue weighted by Crippen LogP contribution is -2.42. The van der Waals surface area contributed by atoms with Crippen molar-refractivity contribution in [3.63, 3.8) is 0 Å². The van der Waals surface area contributed by atoms with Crippen LogP contribution < -0.4 is 0 Å². The number of rotatable bonds is 0. The van der Waals surface area contributed by atoms with Gasteiger partial charge in [0.2, 0.25) is 0 Å². The normalized spacial score (nSPS) is 27.9. The smallest absolute Gasteiger partial charge is 0.410 e. The van der Waals surface area contributed by atoms with E-state index in [2.05, 4.69) is 13.8 Å². The highest BCUT2D eigenvalue weighted by Gasteiger charge is 2.34. The van der Waals surface area contributed by atoms with Gasteiger partial charge in [0.25, 0.3) is 0 Å². The second kappa shape index (κ2) is 3.79. The summed E-state index contributed by atoms with van der Waals surface area (Å²) in [5, 5.41) is 0. The largest absolute Gasteiger partial charge is 0.444 e. The lowest BCUT2D eigenvalue weighted by molar-refractivity contribution is 0.0175. The van der Waals surface area contributed by atoms with Crippen molar-refractivity contribution < 1.29 is 9.53 Å². The Morgan fingerprint density at radius 1 is 1.21 bits per heavy atom. The van der Waals surface area contributed by atoms with Crippen molar-refractivity contribution >= 4 is 6.09 Å². The maximum absolute atomic E-state index is 11.8. The van der Waals surface area contributed by atoms with Crippen LogP contribution in [0.2, 0.25) is 0 Å². The zero-order valence-electron chi connectivity index (χ0n) is 9.83. The first-order chi connectivity index (χ1) is 6.31. The van der Waals surface area contributed by atoms with E-state index in [1.165, 1.54) is 0 Å². The predicted octanol–water partition coefficient (Wildman–Crippen LogP) is 2.79. The molecule has 0 N–H and O–H groups in total. The first-order valence-electron chi connectivity index (χ1n) is 5.32. The lowest BCUT2D eigenvalue weighted by Gasteiger charge is -2.29. The van der Waals surface area contributed by atoms with Crippen LogP contribution in [-0.4, -0.2) is 28.7 Å². The van der Waals surface area contributed by atoms with Crippen LogP contribution in [-0.2, 0) is 4.74 Å². The van der Waals surface area contributed by atoms with Gasteiger partial charge < -0.3 is 9.64 Å². The molecule has 1 fully saturated rings. The van der Waals surface area contributed by atoms with Crippen LogP contribution in [0.25, 0.3) is 0 Å². The molecule has 1 amide bonds. The second-order valence-corrected chi connectivity index (χ2v) is 5.16. The molecule has 0 radical (unpaired) electrons. The summed E-state index contributed by atoms with van der Waals surface area (Å²) < 4.78 is 5.35. The molecular formula is C11H21NO2. The molecule has 0 aromatic carbocycles. The van der Waals surface area contributed by atoms with E-state index < -0.39 is 0 Å². The Hall–Kier alpha value is -0.730. The molecule has 14 heavy (non-hydrogen) atoms. The van der Waals surface area contributed by atoms with Crippen LogP contribution in [0.5, 0.6) is 0 Å². The molecule has 1 heterocycles. The van der Waals surface area contributed by atoms with Gasteiger partial charge in [-0.1, -0.05) is 0 Å². The van der Waals surface area contributed by atoms with Gasteiger partial charge in [0.05, 0.1) is 0 Å². The molecule has 1 rings (SSSR count). The minimum atomic E-state index is -0.390. The van der Waals surface area contributed by atoms with Crippen LogP contribution in [0, 0.1) is 0 Å². The summed E-state index contributed by atoms with van der Waals surface area (Å²) in [6.45, 7) is 9.85. The van der Waals surface area contributed by atoms with Crippen molar-refractivity contribution in [2.45, 2.75) is 65.1 Å². The van der Waals surface area contributed by atoms with Crippen molar-refractivity contribution in [3.8, 4) is 0 Å². The van der Waals surface area contributed by atoms with E-state index in [4.69, 9.17) is 4.74 Å². The Labute approximate surface area is 86.4 Å². The molecule has 82 valence electrons. The number of nitrogens with zero attached hydrogens (tertiary/aromatic N) is 1. The van der Waals surface area contributed by atoms with Gasteiger partial charge in [-0.15, -0.1) is 0 Å². The van der Waals surface area contributed by atoms with Gasteiger partial charge in [-0.3, -0.25) is 0 Å². The standard InChI is InChI=1S/C11H21NO2/c1-8-6-7-9(2)12(8)10(13)14-11(3,4)5/h8-9H,6-7H2,1-5H3/t8-,9-/m1/s1. The lowest BCUT2D eigenvalue weighted by atomic mass is 10.2. The minimum absolute atomic E-state index is 0.171. The Bertz CT molecular complexity index is 210. The fraction of sp³-hybridized carbons (Fsp3) is 0.909.